The second kappa shape index (κ2) is 17.1. The Morgan fingerprint density at radius 2 is 1.76 bits per heavy atom. The lowest BCUT2D eigenvalue weighted by atomic mass is 9.85. The van der Waals surface area contributed by atoms with Gasteiger partial charge in [-0.2, -0.15) is 0 Å². The topological polar surface area (TPSA) is 191 Å². The normalized spacial score (nSPS) is 23.3. The summed E-state index contributed by atoms with van der Waals surface area (Å²) in [5, 5.41) is 59.9. The molecule has 1 fully saturated rings. The fraction of sp³-hybridized carbons (Fsp3) is 0.385. The lowest BCUT2D eigenvalue weighted by molar-refractivity contribution is -0.311. The van der Waals surface area contributed by atoms with Gasteiger partial charge in [-0.15, -0.1) is 0 Å². The first-order chi connectivity index (χ1) is 24.5. The first kappa shape index (κ1) is 37.7. The van der Waals surface area contributed by atoms with Crippen molar-refractivity contribution in [3.05, 3.63) is 101 Å². The van der Waals surface area contributed by atoms with Crippen LogP contribution in [-0.2, 0) is 9.53 Å². The van der Waals surface area contributed by atoms with Crippen LogP contribution in [0.5, 0.6) is 11.5 Å². The van der Waals surface area contributed by atoms with Crippen LogP contribution >= 0.6 is 0 Å². The Labute approximate surface area is 296 Å². The molecule has 0 saturated carbocycles. The van der Waals surface area contributed by atoms with Gasteiger partial charge >= 0.3 is 5.97 Å². The Kier molecular flexibility index (Phi) is 12.6. The largest absolute Gasteiger partial charge is 0.508 e. The molecule has 0 amide bonds. The number of hydrogen-bond donors (Lipinski definition) is 7. The fourth-order valence-corrected chi connectivity index (χ4v) is 6.17. The van der Waals surface area contributed by atoms with Crippen LogP contribution in [0.2, 0.25) is 0 Å². The van der Waals surface area contributed by atoms with E-state index in [1.165, 1.54) is 36.6 Å². The molecule has 1 aliphatic rings. The number of carboxylic acids is 1. The molecule has 0 unspecified atom stereocenters. The van der Waals surface area contributed by atoms with E-state index in [1.54, 1.807) is 12.1 Å². The van der Waals surface area contributed by atoms with Crippen LogP contribution in [0.3, 0.4) is 0 Å². The lowest BCUT2D eigenvalue weighted by Crippen LogP contribution is -2.71. The third kappa shape index (κ3) is 9.03. The minimum absolute atomic E-state index is 0.0545. The first-order valence-electron chi connectivity index (χ1n) is 17.1. The molecular formula is C39H46N2O10. The Morgan fingerprint density at radius 3 is 2.47 bits per heavy atom. The zero-order valence-electron chi connectivity index (χ0n) is 28.6. The highest BCUT2D eigenvalue weighted by Crippen LogP contribution is 2.33. The number of aromatic hydroxyl groups is 1. The van der Waals surface area contributed by atoms with Crippen molar-refractivity contribution >= 4 is 23.0 Å². The van der Waals surface area contributed by atoms with Gasteiger partial charge in [0.1, 0.15) is 35.6 Å². The Morgan fingerprint density at radius 1 is 1.04 bits per heavy atom. The van der Waals surface area contributed by atoms with Crippen LogP contribution in [-0.4, -0.2) is 87.9 Å². The summed E-state index contributed by atoms with van der Waals surface area (Å²) >= 11 is 0. The number of hydrogen-bond acceptors (Lipinski definition) is 11. The molecule has 272 valence electrons. The minimum atomic E-state index is -2.29. The monoisotopic (exact) mass is 702 g/mol. The van der Waals surface area contributed by atoms with E-state index in [1.807, 2.05) is 30.3 Å². The van der Waals surface area contributed by atoms with E-state index in [9.17, 15) is 35.1 Å². The highest BCUT2D eigenvalue weighted by atomic mass is 16.7. The summed E-state index contributed by atoms with van der Waals surface area (Å²) < 4.78 is 17.3. The van der Waals surface area contributed by atoms with Crippen molar-refractivity contribution in [2.75, 3.05) is 26.2 Å². The smallest absolute Gasteiger partial charge is 0.335 e. The van der Waals surface area contributed by atoms with Crippen LogP contribution in [0, 0.1) is 11.8 Å². The summed E-state index contributed by atoms with van der Waals surface area (Å²) in [6.07, 6.45) is -0.297. The fourth-order valence-electron chi connectivity index (χ4n) is 6.17. The maximum Gasteiger partial charge on any atom is 0.335 e. The molecular weight excluding hydrogens is 656 g/mol. The highest BCUT2D eigenvalue weighted by Gasteiger charge is 2.58. The number of nitrogens with one attached hydrogen (secondary N) is 2. The number of aliphatic carboxylic acids is 1. The summed E-state index contributed by atoms with van der Waals surface area (Å²) in [7, 11) is 0. The Balaban J connectivity index is 1.33. The second-order valence-electron chi connectivity index (χ2n) is 13.1. The van der Waals surface area contributed by atoms with E-state index in [2.05, 4.69) is 36.6 Å². The summed E-state index contributed by atoms with van der Waals surface area (Å²) in [5.74, 6) is -1.11. The van der Waals surface area contributed by atoms with Crippen molar-refractivity contribution in [2.24, 2.45) is 11.8 Å². The van der Waals surface area contributed by atoms with Gasteiger partial charge in [-0.3, -0.25) is 4.79 Å². The predicted molar refractivity (Wildman–Crippen MR) is 192 cm³/mol. The molecule has 0 spiro atoms. The standard InChI is InChI=1S/C39H46N2O10/c1-3-18-40-20-27(24(2)8-7-11-25-9-5-4-6-10-25)21-41-23-39(48)36(45)34(44)35(37(46)47)51-38(39)50-29-16-17-30-32(19-29)49-22-31(33(30)43)26-12-14-28(42)15-13-26/h4-7,9-17,19,22,24,27,34-36,38,40-42,44-45,48H,3,8,18,20-21,23H2,1-2H3,(H,46,47)/b11-7+/t24-,27-,34-,35+,36+,38-,39-/m1/s1. The molecule has 1 saturated heterocycles. The molecule has 0 aliphatic carbocycles. The van der Waals surface area contributed by atoms with Gasteiger partial charge in [0.25, 0.3) is 0 Å². The number of carbonyl (C=O) groups is 1. The van der Waals surface area contributed by atoms with E-state index < -0.39 is 36.2 Å². The van der Waals surface area contributed by atoms with Crippen LogP contribution in [0.1, 0.15) is 32.3 Å². The number of carboxylic acid groups (broad SMARTS) is 1. The van der Waals surface area contributed by atoms with Gasteiger partial charge in [-0.1, -0.05) is 68.5 Å². The quantitative estimate of drug-likeness (QED) is 0.0839. The molecule has 0 radical (unpaired) electrons. The summed E-state index contributed by atoms with van der Waals surface area (Å²) in [6.45, 7) is 5.86. The van der Waals surface area contributed by atoms with Gasteiger partial charge in [-0.05, 0) is 79.7 Å². The van der Waals surface area contributed by atoms with Crippen molar-refractivity contribution in [3.8, 4) is 22.6 Å². The molecule has 4 aromatic rings. The van der Waals surface area contributed by atoms with Crippen LogP contribution < -0.4 is 20.8 Å². The zero-order valence-corrected chi connectivity index (χ0v) is 28.6. The number of rotatable bonds is 16. The lowest BCUT2D eigenvalue weighted by Gasteiger charge is -2.47. The molecule has 7 N–H and O–H groups in total. The van der Waals surface area contributed by atoms with E-state index in [4.69, 9.17) is 13.9 Å². The van der Waals surface area contributed by atoms with Gasteiger partial charge < -0.3 is 50.1 Å². The van der Waals surface area contributed by atoms with Crippen LogP contribution in [0.15, 0.2) is 94.3 Å². The van der Waals surface area contributed by atoms with E-state index in [0.29, 0.717) is 18.7 Å². The molecule has 12 heteroatoms. The number of ether oxygens (including phenoxy) is 2. The maximum absolute atomic E-state index is 13.3. The zero-order chi connectivity index (χ0) is 36.5. The molecule has 12 nitrogen and oxygen atoms in total. The first-order valence-corrected chi connectivity index (χ1v) is 17.1. The van der Waals surface area contributed by atoms with E-state index in [-0.39, 0.29) is 51.8 Å². The average molecular weight is 703 g/mol. The molecule has 1 aromatic heterocycles. The number of fused-ring (bicyclic) bond motifs is 1. The number of aliphatic hydroxyl groups is 3. The maximum atomic E-state index is 13.3. The number of phenols is 1. The third-order valence-electron chi connectivity index (χ3n) is 9.31. The average Bonchev–Trinajstić information content (AvgIpc) is 3.12. The summed E-state index contributed by atoms with van der Waals surface area (Å²) in [5.41, 5.74) is -0.550. The summed E-state index contributed by atoms with van der Waals surface area (Å²) in [6, 6.07) is 20.4. The number of benzene rings is 3. The predicted octanol–water partition coefficient (Wildman–Crippen LogP) is 3.75. The molecule has 3 aromatic carbocycles. The van der Waals surface area contributed by atoms with Crippen LogP contribution in [0.25, 0.3) is 28.2 Å². The minimum Gasteiger partial charge on any atom is -0.508 e. The highest BCUT2D eigenvalue weighted by molar-refractivity contribution is 5.82. The molecule has 5 rings (SSSR count). The summed E-state index contributed by atoms with van der Waals surface area (Å²) in [4.78, 5) is 25.2. The van der Waals surface area contributed by atoms with Crippen LogP contribution in [0.4, 0.5) is 0 Å². The van der Waals surface area contributed by atoms with E-state index >= 15 is 0 Å². The molecule has 1 aliphatic heterocycles. The van der Waals surface area contributed by atoms with Crippen molar-refractivity contribution < 1.29 is 44.2 Å². The van der Waals surface area contributed by atoms with Gasteiger partial charge in [0.05, 0.1) is 10.9 Å². The Bertz CT molecular complexity index is 1830. The van der Waals surface area contributed by atoms with Crippen molar-refractivity contribution in [2.45, 2.75) is 56.9 Å². The SMILES string of the molecule is CCCNC[C@H](CNC[C@]1(O)[C@H](Oc2ccc3c(=O)c(-c4ccc(O)cc4)coc3c2)O[C@H](C(=O)O)[C@@H](O)[C@@H]1O)[C@H](C)C/C=C/c1ccccc1. The van der Waals surface area contributed by atoms with Gasteiger partial charge in [0.15, 0.2) is 17.1 Å². The van der Waals surface area contributed by atoms with Gasteiger partial charge in [0.2, 0.25) is 6.29 Å². The third-order valence-corrected chi connectivity index (χ3v) is 9.31. The van der Waals surface area contributed by atoms with Crippen molar-refractivity contribution in [1.82, 2.24) is 10.6 Å². The molecule has 2 heterocycles. The van der Waals surface area contributed by atoms with Crippen molar-refractivity contribution in [3.63, 3.8) is 0 Å². The number of phenolic OH excluding ortho intramolecular Hbond substituents is 1. The van der Waals surface area contributed by atoms with Gasteiger partial charge in [0, 0.05) is 12.6 Å². The number of aliphatic hydroxyl groups excluding tert-OH is 2. The number of allylic oxidation sites excluding steroid dienone is 1. The molecule has 7 atom stereocenters. The second-order valence-corrected chi connectivity index (χ2v) is 13.1. The molecule has 0 bridgehead atoms. The molecule has 51 heavy (non-hydrogen) atoms. The van der Waals surface area contributed by atoms with E-state index in [0.717, 1.165) is 24.9 Å². The van der Waals surface area contributed by atoms with Gasteiger partial charge in [-0.25, -0.2) is 4.79 Å². The van der Waals surface area contributed by atoms with Crippen molar-refractivity contribution in [1.29, 1.82) is 0 Å². The Hall–Kier alpha value is -4.56.